The van der Waals surface area contributed by atoms with Gasteiger partial charge in [0.2, 0.25) is 0 Å². The predicted molar refractivity (Wildman–Crippen MR) is 61.1 cm³/mol. The maximum absolute atomic E-state index is 11.9. The van der Waals surface area contributed by atoms with Crippen LogP contribution >= 0.6 is 0 Å². The summed E-state index contributed by atoms with van der Waals surface area (Å²) in [6, 6.07) is 0. The Labute approximate surface area is 97.0 Å². The minimum absolute atomic E-state index is 0.278. The number of aliphatic carboxylic acids is 1. The molecule has 0 bridgehead atoms. The van der Waals surface area contributed by atoms with E-state index < -0.39 is 17.4 Å². The second-order valence-electron chi connectivity index (χ2n) is 4.34. The lowest BCUT2D eigenvalue weighted by Gasteiger charge is -2.27. The average Bonchev–Trinajstić information content (AvgIpc) is 2.15. The standard InChI is InChI=1S/C12H22O4/c1-5-7-12(8-6-2,10(13)14)11(15)16-9(3)4/h9H,5-8H2,1-4H3,(H,13,14). The molecule has 94 valence electrons. The van der Waals surface area contributed by atoms with Crippen LogP contribution in [0.15, 0.2) is 0 Å². The highest BCUT2D eigenvalue weighted by Crippen LogP contribution is 2.32. The van der Waals surface area contributed by atoms with Gasteiger partial charge in [-0.15, -0.1) is 0 Å². The third-order valence-corrected chi connectivity index (χ3v) is 2.50. The van der Waals surface area contributed by atoms with E-state index in [1.54, 1.807) is 13.8 Å². The fourth-order valence-electron chi connectivity index (χ4n) is 1.81. The molecule has 0 heterocycles. The molecule has 4 heteroatoms. The van der Waals surface area contributed by atoms with E-state index in [1.165, 1.54) is 0 Å². The molecule has 0 aliphatic rings. The molecule has 0 saturated heterocycles. The van der Waals surface area contributed by atoms with Crippen LogP contribution in [0.1, 0.15) is 53.4 Å². The number of carboxylic acids is 1. The van der Waals surface area contributed by atoms with Crippen LogP contribution in [-0.2, 0) is 14.3 Å². The van der Waals surface area contributed by atoms with Gasteiger partial charge >= 0.3 is 11.9 Å². The Hall–Kier alpha value is -1.06. The minimum atomic E-state index is -1.35. The molecule has 0 aliphatic carbocycles. The van der Waals surface area contributed by atoms with Crippen LogP contribution in [0.2, 0.25) is 0 Å². The van der Waals surface area contributed by atoms with Crippen LogP contribution in [0.3, 0.4) is 0 Å². The Morgan fingerprint density at radius 2 is 1.62 bits per heavy atom. The lowest BCUT2D eigenvalue weighted by atomic mass is 9.79. The number of carbonyl (C=O) groups excluding carboxylic acids is 1. The van der Waals surface area contributed by atoms with E-state index in [9.17, 15) is 14.7 Å². The van der Waals surface area contributed by atoms with Crippen molar-refractivity contribution in [3.63, 3.8) is 0 Å². The van der Waals surface area contributed by atoms with Gasteiger partial charge in [0, 0.05) is 0 Å². The minimum Gasteiger partial charge on any atom is -0.480 e. The van der Waals surface area contributed by atoms with Crippen molar-refractivity contribution in [3.05, 3.63) is 0 Å². The van der Waals surface area contributed by atoms with Gasteiger partial charge in [-0.2, -0.15) is 0 Å². The summed E-state index contributed by atoms with van der Waals surface area (Å²) in [5.41, 5.74) is -1.35. The molecule has 0 rings (SSSR count). The number of hydrogen-bond acceptors (Lipinski definition) is 3. The Morgan fingerprint density at radius 3 is 1.88 bits per heavy atom. The number of rotatable bonds is 7. The summed E-state index contributed by atoms with van der Waals surface area (Å²) < 4.78 is 5.06. The van der Waals surface area contributed by atoms with Crippen molar-refractivity contribution in [1.82, 2.24) is 0 Å². The summed E-state index contributed by atoms with van der Waals surface area (Å²) in [5, 5.41) is 9.27. The largest absolute Gasteiger partial charge is 0.480 e. The van der Waals surface area contributed by atoms with Gasteiger partial charge in [-0.1, -0.05) is 26.7 Å². The normalized spacial score (nSPS) is 11.6. The predicted octanol–water partition coefficient (Wildman–Crippen LogP) is 2.61. The van der Waals surface area contributed by atoms with Gasteiger partial charge in [-0.25, -0.2) is 0 Å². The summed E-state index contributed by atoms with van der Waals surface area (Å²) in [5.74, 6) is -1.67. The number of carboxylic acid groups (broad SMARTS) is 1. The Bertz CT molecular complexity index is 239. The van der Waals surface area contributed by atoms with Crippen molar-refractivity contribution in [1.29, 1.82) is 0 Å². The van der Waals surface area contributed by atoms with E-state index >= 15 is 0 Å². The molecular formula is C12H22O4. The molecule has 0 spiro atoms. The summed E-state index contributed by atoms with van der Waals surface area (Å²) in [6.07, 6.45) is 1.70. The number of esters is 1. The Balaban J connectivity index is 5.00. The molecule has 16 heavy (non-hydrogen) atoms. The molecule has 4 nitrogen and oxygen atoms in total. The molecule has 0 saturated carbocycles. The van der Waals surface area contributed by atoms with Crippen molar-refractivity contribution in [3.8, 4) is 0 Å². The van der Waals surface area contributed by atoms with E-state index in [1.807, 2.05) is 13.8 Å². The lowest BCUT2D eigenvalue weighted by Crippen LogP contribution is -2.41. The van der Waals surface area contributed by atoms with Crippen LogP contribution in [-0.4, -0.2) is 23.1 Å². The van der Waals surface area contributed by atoms with E-state index in [2.05, 4.69) is 0 Å². The van der Waals surface area contributed by atoms with E-state index in [0.29, 0.717) is 25.7 Å². The second-order valence-corrected chi connectivity index (χ2v) is 4.34. The monoisotopic (exact) mass is 230 g/mol. The van der Waals surface area contributed by atoms with Crippen LogP contribution < -0.4 is 0 Å². The fourth-order valence-corrected chi connectivity index (χ4v) is 1.81. The molecule has 0 atom stereocenters. The Morgan fingerprint density at radius 1 is 1.19 bits per heavy atom. The SMILES string of the molecule is CCCC(CCC)(C(=O)O)C(=O)OC(C)C. The number of ether oxygens (including phenoxy) is 1. The molecule has 0 aromatic carbocycles. The van der Waals surface area contributed by atoms with Crippen LogP contribution in [0.25, 0.3) is 0 Å². The maximum atomic E-state index is 11.9. The molecule has 0 radical (unpaired) electrons. The van der Waals surface area contributed by atoms with Crippen molar-refractivity contribution < 1.29 is 19.4 Å². The molecule has 0 fully saturated rings. The summed E-state index contributed by atoms with van der Waals surface area (Å²) in [4.78, 5) is 23.2. The third-order valence-electron chi connectivity index (χ3n) is 2.50. The molecule has 0 aromatic heterocycles. The van der Waals surface area contributed by atoms with Crippen molar-refractivity contribution in [2.75, 3.05) is 0 Å². The third kappa shape index (κ3) is 3.51. The van der Waals surface area contributed by atoms with E-state index in [0.717, 1.165) is 0 Å². The van der Waals surface area contributed by atoms with Gasteiger partial charge in [0.15, 0.2) is 5.41 Å². The van der Waals surface area contributed by atoms with Crippen LogP contribution in [0, 0.1) is 5.41 Å². The zero-order valence-corrected chi connectivity index (χ0v) is 10.6. The molecule has 0 amide bonds. The van der Waals surface area contributed by atoms with Gasteiger partial charge in [0.1, 0.15) is 0 Å². The van der Waals surface area contributed by atoms with Gasteiger partial charge in [0.05, 0.1) is 6.10 Å². The summed E-state index contributed by atoms with van der Waals surface area (Å²) in [6.45, 7) is 7.19. The first-order chi connectivity index (χ1) is 7.40. The van der Waals surface area contributed by atoms with E-state index in [-0.39, 0.29) is 6.10 Å². The Kier molecular flexibility index (Phi) is 6.08. The number of hydrogen-bond donors (Lipinski definition) is 1. The zero-order valence-electron chi connectivity index (χ0n) is 10.6. The maximum Gasteiger partial charge on any atom is 0.323 e. The first-order valence-corrected chi connectivity index (χ1v) is 5.85. The molecular weight excluding hydrogens is 208 g/mol. The van der Waals surface area contributed by atoms with Gasteiger partial charge < -0.3 is 9.84 Å². The first kappa shape index (κ1) is 14.9. The average molecular weight is 230 g/mol. The first-order valence-electron chi connectivity index (χ1n) is 5.85. The summed E-state index contributed by atoms with van der Waals surface area (Å²) >= 11 is 0. The zero-order chi connectivity index (χ0) is 12.8. The van der Waals surface area contributed by atoms with Crippen LogP contribution in [0.4, 0.5) is 0 Å². The molecule has 0 aromatic rings. The quantitative estimate of drug-likeness (QED) is 0.539. The second kappa shape index (κ2) is 6.51. The summed E-state index contributed by atoms with van der Waals surface area (Å²) in [7, 11) is 0. The highest BCUT2D eigenvalue weighted by molar-refractivity contribution is 5.99. The van der Waals surface area contributed by atoms with E-state index in [4.69, 9.17) is 4.74 Å². The topological polar surface area (TPSA) is 63.6 Å². The van der Waals surface area contributed by atoms with Gasteiger partial charge in [0.25, 0.3) is 0 Å². The van der Waals surface area contributed by atoms with Crippen molar-refractivity contribution in [2.24, 2.45) is 5.41 Å². The van der Waals surface area contributed by atoms with Gasteiger partial charge in [-0.3, -0.25) is 9.59 Å². The molecule has 0 unspecified atom stereocenters. The van der Waals surface area contributed by atoms with Crippen molar-refractivity contribution >= 4 is 11.9 Å². The van der Waals surface area contributed by atoms with Crippen molar-refractivity contribution in [2.45, 2.75) is 59.5 Å². The van der Waals surface area contributed by atoms with Gasteiger partial charge in [-0.05, 0) is 26.7 Å². The molecule has 1 N–H and O–H groups in total. The van der Waals surface area contributed by atoms with Crippen LogP contribution in [0.5, 0.6) is 0 Å². The highest BCUT2D eigenvalue weighted by Gasteiger charge is 2.46. The molecule has 0 aliphatic heterocycles. The number of carbonyl (C=O) groups is 2. The fraction of sp³-hybridized carbons (Fsp3) is 0.833. The smallest absolute Gasteiger partial charge is 0.323 e. The highest BCUT2D eigenvalue weighted by atomic mass is 16.5. The lowest BCUT2D eigenvalue weighted by molar-refractivity contribution is -0.172.